The molecule has 0 amide bonds. The van der Waals surface area contributed by atoms with Crippen molar-refractivity contribution >= 4 is 10.1 Å². The molecule has 1 aromatic carbocycles. The van der Waals surface area contributed by atoms with Gasteiger partial charge < -0.3 is 10.3 Å². The molecule has 0 aliphatic heterocycles. The van der Waals surface area contributed by atoms with Crippen LogP contribution in [0, 0.1) is 0 Å². The van der Waals surface area contributed by atoms with Crippen molar-refractivity contribution in [1.82, 2.24) is 6.15 Å². The summed E-state index contributed by atoms with van der Waals surface area (Å²) in [5.41, 5.74) is 0. The minimum absolute atomic E-state index is 0. The van der Waals surface area contributed by atoms with E-state index in [9.17, 15) is 8.42 Å². The monoisotopic (exact) mass is 189 g/mol. The van der Waals surface area contributed by atoms with Gasteiger partial charge in [-0.3, -0.25) is 0 Å². The molecule has 0 aromatic heterocycles. The molecule has 12 heavy (non-hydrogen) atoms. The molecule has 0 fully saturated rings. The molecule has 0 heterocycles. The zero-order valence-electron chi connectivity index (χ0n) is 6.73. The zero-order chi connectivity index (χ0) is 8.32. The minimum Gasteiger partial charge on any atom is -0.383 e. The van der Waals surface area contributed by atoms with Crippen LogP contribution in [-0.2, 0) is 10.1 Å². The second-order valence-electron chi connectivity index (χ2n) is 2.10. The third-order valence-corrected chi connectivity index (χ3v) is 1.49. The Morgan fingerprint density at radius 2 is 1.67 bits per heavy atom. The van der Waals surface area contributed by atoms with E-state index in [1.54, 1.807) is 30.3 Å². The van der Waals surface area contributed by atoms with Gasteiger partial charge >= 0.3 is 10.1 Å². The van der Waals surface area contributed by atoms with Crippen molar-refractivity contribution < 1.29 is 12.6 Å². The van der Waals surface area contributed by atoms with Crippen LogP contribution in [0.2, 0.25) is 0 Å². The van der Waals surface area contributed by atoms with E-state index in [4.69, 9.17) is 0 Å². The van der Waals surface area contributed by atoms with Crippen molar-refractivity contribution in [2.24, 2.45) is 0 Å². The topological polar surface area (TPSA) is 78.4 Å². The molecule has 3 N–H and O–H groups in total. The summed E-state index contributed by atoms with van der Waals surface area (Å²) in [6.07, 6.45) is 1.01. The van der Waals surface area contributed by atoms with Gasteiger partial charge in [0.2, 0.25) is 0 Å². The van der Waals surface area contributed by atoms with Gasteiger partial charge in [0.15, 0.2) is 0 Å². The van der Waals surface area contributed by atoms with Crippen LogP contribution in [0.15, 0.2) is 30.3 Å². The summed E-state index contributed by atoms with van der Waals surface area (Å²) in [4.78, 5) is 0. The van der Waals surface area contributed by atoms with Gasteiger partial charge in [0, 0.05) is 0 Å². The minimum atomic E-state index is -3.38. The summed E-state index contributed by atoms with van der Waals surface area (Å²) in [5.74, 6) is 0.343. The van der Waals surface area contributed by atoms with Crippen molar-refractivity contribution in [3.05, 3.63) is 30.3 Å². The number of para-hydroxylation sites is 1. The molecule has 1 aromatic rings. The summed E-state index contributed by atoms with van der Waals surface area (Å²) < 4.78 is 25.7. The fourth-order valence-corrected chi connectivity index (χ4v) is 1.11. The van der Waals surface area contributed by atoms with Crippen LogP contribution in [0.5, 0.6) is 5.75 Å². The lowest BCUT2D eigenvalue weighted by molar-refractivity contribution is 0.493. The fourth-order valence-electron chi connectivity index (χ4n) is 0.651. The van der Waals surface area contributed by atoms with Crippen LogP contribution in [0.4, 0.5) is 0 Å². The SMILES string of the molecule is CS(=O)(=O)Oc1ccccc1.N. The van der Waals surface area contributed by atoms with E-state index in [0.29, 0.717) is 5.75 Å². The average molecular weight is 189 g/mol. The Morgan fingerprint density at radius 1 is 1.17 bits per heavy atom. The van der Waals surface area contributed by atoms with Crippen molar-refractivity contribution in [1.29, 1.82) is 0 Å². The Hall–Kier alpha value is -1.07. The summed E-state index contributed by atoms with van der Waals surface area (Å²) in [6.45, 7) is 0. The third-order valence-electron chi connectivity index (χ3n) is 0.991. The molecule has 5 heteroatoms. The van der Waals surface area contributed by atoms with Crippen molar-refractivity contribution in [2.75, 3.05) is 6.26 Å². The highest BCUT2D eigenvalue weighted by molar-refractivity contribution is 7.86. The largest absolute Gasteiger partial charge is 0.383 e. The molecule has 0 aliphatic carbocycles. The van der Waals surface area contributed by atoms with Gasteiger partial charge in [0.05, 0.1) is 6.26 Å². The van der Waals surface area contributed by atoms with E-state index < -0.39 is 10.1 Å². The Balaban J connectivity index is 0.00000121. The van der Waals surface area contributed by atoms with Crippen LogP contribution in [0.1, 0.15) is 0 Å². The molecule has 0 aliphatic rings. The van der Waals surface area contributed by atoms with Gasteiger partial charge in [-0.05, 0) is 12.1 Å². The summed E-state index contributed by atoms with van der Waals surface area (Å²) in [5, 5.41) is 0. The van der Waals surface area contributed by atoms with E-state index in [2.05, 4.69) is 4.18 Å². The maximum Gasteiger partial charge on any atom is 0.306 e. The number of benzene rings is 1. The first-order chi connectivity index (χ1) is 5.08. The summed E-state index contributed by atoms with van der Waals surface area (Å²) >= 11 is 0. The maximum absolute atomic E-state index is 10.6. The summed E-state index contributed by atoms with van der Waals surface area (Å²) in [7, 11) is -3.38. The highest BCUT2D eigenvalue weighted by Gasteiger charge is 2.01. The third kappa shape index (κ3) is 3.95. The molecule has 1 rings (SSSR count). The van der Waals surface area contributed by atoms with Crippen LogP contribution < -0.4 is 10.3 Å². The van der Waals surface area contributed by atoms with Gasteiger partial charge in [0.1, 0.15) is 5.75 Å². The highest BCUT2D eigenvalue weighted by Crippen LogP contribution is 2.09. The predicted molar refractivity (Wildman–Crippen MR) is 46.9 cm³/mol. The van der Waals surface area contributed by atoms with E-state index >= 15 is 0 Å². The molecule has 0 saturated carbocycles. The second-order valence-corrected chi connectivity index (χ2v) is 3.68. The van der Waals surface area contributed by atoms with Crippen LogP contribution >= 0.6 is 0 Å². The Labute approximate surface area is 71.9 Å². The first kappa shape index (κ1) is 10.9. The first-order valence-electron chi connectivity index (χ1n) is 3.02. The number of hydrogen-bond donors (Lipinski definition) is 1. The molecule has 68 valence electrons. The lowest BCUT2D eigenvalue weighted by Gasteiger charge is -1.99. The quantitative estimate of drug-likeness (QED) is 0.709. The lowest BCUT2D eigenvalue weighted by atomic mass is 10.3. The molecular weight excluding hydrogens is 178 g/mol. The highest BCUT2D eigenvalue weighted by atomic mass is 32.2. The average Bonchev–Trinajstić information content (AvgIpc) is 1.85. The van der Waals surface area contributed by atoms with E-state index in [1.807, 2.05) is 0 Å². The van der Waals surface area contributed by atoms with Crippen LogP contribution in [0.3, 0.4) is 0 Å². The van der Waals surface area contributed by atoms with Gasteiger partial charge in [-0.15, -0.1) is 0 Å². The molecule has 4 nitrogen and oxygen atoms in total. The number of rotatable bonds is 2. The molecular formula is C7H11NO3S. The molecule has 0 bridgehead atoms. The van der Waals surface area contributed by atoms with Crippen molar-refractivity contribution in [3.63, 3.8) is 0 Å². The van der Waals surface area contributed by atoms with Gasteiger partial charge in [-0.2, -0.15) is 8.42 Å². The fraction of sp³-hybridized carbons (Fsp3) is 0.143. The van der Waals surface area contributed by atoms with Gasteiger partial charge in [0.25, 0.3) is 0 Å². The summed E-state index contributed by atoms with van der Waals surface area (Å²) in [6, 6.07) is 8.37. The van der Waals surface area contributed by atoms with E-state index in [-0.39, 0.29) is 6.15 Å². The van der Waals surface area contributed by atoms with E-state index in [0.717, 1.165) is 6.26 Å². The van der Waals surface area contributed by atoms with Gasteiger partial charge in [-0.25, -0.2) is 0 Å². The second kappa shape index (κ2) is 4.08. The molecule has 0 radical (unpaired) electrons. The molecule has 0 unspecified atom stereocenters. The predicted octanol–water partition coefficient (Wildman–Crippen LogP) is 1.19. The Kier molecular flexibility index (Phi) is 3.72. The maximum atomic E-state index is 10.6. The standard InChI is InChI=1S/C7H8O3S.H3N/c1-11(8,9)10-7-5-3-2-4-6-7;/h2-6H,1H3;1H3. The van der Waals surface area contributed by atoms with Crippen LogP contribution in [-0.4, -0.2) is 14.7 Å². The Morgan fingerprint density at radius 3 is 2.08 bits per heavy atom. The van der Waals surface area contributed by atoms with Crippen LogP contribution in [0.25, 0.3) is 0 Å². The normalized spacial score (nSPS) is 10.1. The zero-order valence-corrected chi connectivity index (χ0v) is 7.54. The molecule has 0 spiro atoms. The lowest BCUT2D eigenvalue weighted by Crippen LogP contribution is -2.05. The number of hydrogen-bond acceptors (Lipinski definition) is 4. The van der Waals surface area contributed by atoms with Crippen molar-refractivity contribution in [2.45, 2.75) is 0 Å². The van der Waals surface area contributed by atoms with Gasteiger partial charge in [-0.1, -0.05) is 18.2 Å². The van der Waals surface area contributed by atoms with E-state index in [1.165, 1.54) is 0 Å². The first-order valence-corrected chi connectivity index (χ1v) is 4.84. The smallest absolute Gasteiger partial charge is 0.306 e. The molecule has 0 atom stereocenters. The van der Waals surface area contributed by atoms with Crippen molar-refractivity contribution in [3.8, 4) is 5.75 Å². The Bertz CT molecular complexity index is 320. The molecule has 0 saturated heterocycles.